The molecule has 1 heterocycles. The Morgan fingerprint density at radius 2 is 1.84 bits per heavy atom. The summed E-state index contributed by atoms with van der Waals surface area (Å²) in [6.45, 7) is 0. The number of carbonyl (C=O) groups is 1. The fourth-order valence-corrected chi connectivity index (χ4v) is 5.57. The van der Waals surface area contributed by atoms with Gasteiger partial charge in [0.1, 0.15) is 0 Å². The minimum Gasteiger partial charge on any atom is -0.449 e. The van der Waals surface area contributed by atoms with E-state index >= 15 is 0 Å². The Morgan fingerprint density at radius 3 is 2.58 bits per heavy atom. The Kier molecular flexibility index (Phi) is 3.71. The highest BCUT2D eigenvalue weighted by molar-refractivity contribution is 9.10. The summed E-state index contributed by atoms with van der Waals surface area (Å²) in [6.07, 6.45) is 0. The normalized spacial score (nSPS) is 18.8. The van der Waals surface area contributed by atoms with E-state index in [2.05, 4.69) is 37.0 Å². The lowest BCUT2D eigenvalue weighted by Gasteiger charge is -2.20. The summed E-state index contributed by atoms with van der Waals surface area (Å²) in [4.78, 5) is 11.9. The van der Waals surface area contributed by atoms with Gasteiger partial charge in [-0.25, -0.2) is 4.79 Å². The molecule has 0 amide bonds. The molecule has 2 aromatic rings. The topological polar surface area (TPSA) is 26.3 Å². The molecule has 3 atom stereocenters. The van der Waals surface area contributed by atoms with E-state index in [1.807, 2.05) is 36.4 Å². The third-order valence-corrected chi connectivity index (χ3v) is 7.21. The average Bonchev–Trinajstić information content (AvgIpc) is 2.78. The fourth-order valence-electron chi connectivity index (χ4n) is 2.12. The van der Waals surface area contributed by atoms with Crippen molar-refractivity contribution in [3.63, 3.8) is 0 Å². The summed E-state index contributed by atoms with van der Waals surface area (Å²) < 4.78 is 6.50. The van der Waals surface area contributed by atoms with Gasteiger partial charge in [0.2, 0.25) is 0 Å². The van der Waals surface area contributed by atoms with Gasteiger partial charge in [0.15, 0.2) is 5.85 Å². The molecule has 2 nitrogen and oxygen atoms in total. The van der Waals surface area contributed by atoms with Gasteiger partial charge in [-0.15, -0.1) is 8.93 Å². The lowest BCUT2D eigenvalue weighted by Crippen LogP contribution is -2.04. The fraction of sp³-hybridized carbons (Fsp3) is 0.0714. The van der Waals surface area contributed by atoms with E-state index < -0.39 is 7.61 Å². The zero-order chi connectivity index (χ0) is 13.4. The SMILES string of the molecule is O=C1OC(P(P)c2ccccc2)c2c(Br)cccc21. The second kappa shape index (κ2) is 5.32. The van der Waals surface area contributed by atoms with Gasteiger partial charge in [-0.1, -0.05) is 52.3 Å². The molecule has 19 heavy (non-hydrogen) atoms. The molecule has 0 aliphatic carbocycles. The van der Waals surface area contributed by atoms with Crippen molar-refractivity contribution in [1.29, 1.82) is 0 Å². The summed E-state index contributed by atoms with van der Waals surface area (Å²) >= 11 is 3.52. The predicted molar refractivity (Wildman–Crippen MR) is 85.0 cm³/mol. The Morgan fingerprint density at radius 1 is 1.11 bits per heavy atom. The molecule has 1 aliphatic heterocycles. The van der Waals surface area contributed by atoms with Crippen molar-refractivity contribution in [2.45, 2.75) is 5.85 Å². The van der Waals surface area contributed by atoms with E-state index in [-0.39, 0.29) is 11.8 Å². The largest absolute Gasteiger partial charge is 0.449 e. The van der Waals surface area contributed by atoms with E-state index in [4.69, 9.17) is 4.74 Å². The number of esters is 1. The number of hydrogen-bond acceptors (Lipinski definition) is 2. The lowest BCUT2D eigenvalue weighted by atomic mass is 10.1. The highest BCUT2D eigenvalue weighted by Crippen LogP contribution is 2.61. The molecular weight excluding hydrogens is 342 g/mol. The molecule has 1 aliphatic rings. The highest BCUT2D eigenvalue weighted by Gasteiger charge is 2.36. The van der Waals surface area contributed by atoms with Crippen LogP contribution in [0.3, 0.4) is 0 Å². The van der Waals surface area contributed by atoms with E-state index in [9.17, 15) is 4.79 Å². The number of cyclic esters (lactones) is 1. The summed E-state index contributed by atoms with van der Waals surface area (Å²) in [7, 11) is 2.18. The van der Waals surface area contributed by atoms with Crippen molar-refractivity contribution in [3.05, 3.63) is 64.1 Å². The molecule has 0 aromatic heterocycles. The monoisotopic (exact) mass is 352 g/mol. The summed E-state index contributed by atoms with van der Waals surface area (Å²) in [5, 5.41) is 1.20. The van der Waals surface area contributed by atoms with Crippen LogP contribution in [0.15, 0.2) is 53.0 Å². The standard InChI is InChI=1S/C14H11BrO2P2/c15-11-8-4-7-10-12(11)14(17-13(10)16)19(18)9-5-2-1-3-6-9/h1-8,14H,18H2. The highest BCUT2D eigenvalue weighted by atomic mass is 79.9. The number of halogens is 1. The molecule has 0 bridgehead atoms. The molecule has 3 unspecified atom stereocenters. The number of benzene rings is 2. The molecule has 0 fully saturated rings. The van der Waals surface area contributed by atoms with E-state index in [1.165, 1.54) is 5.30 Å². The van der Waals surface area contributed by atoms with Crippen LogP contribution in [-0.4, -0.2) is 5.97 Å². The molecule has 5 heteroatoms. The number of carbonyl (C=O) groups excluding carboxylic acids is 1. The number of rotatable bonds is 2. The number of hydrogen-bond donors (Lipinski definition) is 0. The van der Waals surface area contributed by atoms with Gasteiger partial charge in [-0.3, -0.25) is 0 Å². The van der Waals surface area contributed by atoms with Crippen molar-refractivity contribution in [1.82, 2.24) is 0 Å². The van der Waals surface area contributed by atoms with Gasteiger partial charge >= 0.3 is 5.97 Å². The Balaban J connectivity index is 2.04. The zero-order valence-electron chi connectivity index (χ0n) is 9.92. The van der Waals surface area contributed by atoms with Crippen LogP contribution in [0.4, 0.5) is 0 Å². The molecule has 0 radical (unpaired) electrons. The molecule has 0 saturated carbocycles. The van der Waals surface area contributed by atoms with Crippen LogP contribution in [-0.2, 0) is 4.74 Å². The van der Waals surface area contributed by atoms with Gasteiger partial charge in [-0.05, 0) is 25.0 Å². The second-order valence-electron chi connectivity index (χ2n) is 4.20. The van der Waals surface area contributed by atoms with E-state index in [0.717, 1.165) is 10.0 Å². The maximum atomic E-state index is 11.9. The molecular formula is C14H11BrO2P2. The Hall–Kier alpha value is -0.750. The van der Waals surface area contributed by atoms with Crippen molar-refractivity contribution in [3.8, 4) is 0 Å². The van der Waals surface area contributed by atoms with Gasteiger partial charge in [0, 0.05) is 10.0 Å². The van der Waals surface area contributed by atoms with Gasteiger partial charge in [-0.2, -0.15) is 0 Å². The van der Waals surface area contributed by atoms with Crippen molar-refractivity contribution < 1.29 is 9.53 Å². The minimum absolute atomic E-state index is 0.194. The van der Waals surface area contributed by atoms with Crippen LogP contribution in [0.5, 0.6) is 0 Å². The molecule has 0 saturated heterocycles. The first-order valence-corrected chi connectivity index (χ1v) is 9.59. The van der Waals surface area contributed by atoms with Gasteiger partial charge < -0.3 is 4.74 Å². The molecule has 96 valence electrons. The van der Waals surface area contributed by atoms with Crippen molar-refractivity contribution in [2.75, 3.05) is 0 Å². The number of fused-ring (bicyclic) bond motifs is 1. The quantitative estimate of drug-likeness (QED) is 0.597. The minimum atomic E-state index is -0.663. The summed E-state index contributed by atoms with van der Waals surface area (Å²) in [6, 6.07) is 15.8. The molecule has 0 spiro atoms. The van der Waals surface area contributed by atoms with E-state index in [0.29, 0.717) is 5.56 Å². The van der Waals surface area contributed by atoms with Crippen LogP contribution >= 0.6 is 32.5 Å². The van der Waals surface area contributed by atoms with Crippen LogP contribution in [0.1, 0.15) is 21.8 Å². The maximum absolute atomic E-state index is 11.9. The van der Waals surface area contributed by atoms with Crippen molar-refractivity contribution in [2.24, 2.45) is 0 Å². The first-order valence-electron chi connectivity index (χ1n) is 5.77. The molecule has 2 aromatic carbocycles. The van der Waals surface area contributed by atoms with Crippen LogP contribution < -0.4 is 5.30 Å². The Labute approximate surface area is 123 Å². The lowest BCUT2D eigenvalue weighted by molar-refractivity contribution is 0.0517. The summed E-state index contributed by atoms with van der Waals surface area (Å²) in [5.41, 5.74) is 1.64. The zero-order valence-corrected chi connectivity index (χ0v) is 13.6. The van der Waals surface area contributed by atoms with Crippen LogP contribution in [0.2, 0.25) is 0 Å². The Bertz CT molecular complexity index is 631. The molecule has 0 N–H and O–H groups in total. The first-order chi connectivity index (χ1) is 9.18. The van der Waals surface area contributed by atoms with Gasteiger partial charge in [0.05, 0.1) is 5.56 Å². The predicted octanol–water partition coefficient (Wildman–Crippen LogP) is 4.22. The number of ether oxygens (including phenoxy) is 1. The van der Waals surface area contributed by atoms with Crippen molar-refractivity contribution >= 4 is 43.7 Å². The smallest absolute Gasteiger partial charge is 0.339 e. The second-order valence-corrected chi connectivity index (χ2v) is 8.52. The van der Waals surface area contributed by atoms with Crippen LogP contribution in [0, 0.1) is 0 Å². The molecule has 3 rings (SSSR count). The average molecular weight is 353 g/mol. The maximum Gasteiger partial charge on any atom is 0.339 e. The van der Waals surface area contributed by atoms with Gasteiger partial charge in [0.25, 0.3) is 0 Å². The van der Waals surface area contributed by atoms with E-state index in [1.54, 1.807) is 0 Å². The third-order valence-electron chi connectivity index (χ3n) is 3.05. The third kappa shape index (κ3) is 2.36. The van der Waals surface area contributed by atoms with Crippen LogP contribution in [0.25, 0.3) is 0 Å². The summed E-state index contributed by atoms with van der Waals surface area (Å²) in [5.74, 6) is -0.423. The first kappa shape index (κ1) is 13.2.